The predicted molar refractivity (Wildman–Crippen MR) is 91.3 cm³/mol. The molecule has 0 radical (unpaired) electrons. The molecule has 0 atom stereocenters. The van der Waals surface area contributed by atoms with E-state index >= 15 is 0 Å². The Morgan fingerprint density at radius 2 is 1.86 bits per heavy atom. The topological polar surface area (TPSA) is 53.4 Å². The molecule has 0 aliphatic heterocycles. The van der Waals surface area contributed by atoms with Crippen LogP contribution in [-0.2, 0) is 11.8 Å². The fourth-order valence-electron chi connectivity index (χ4n) is 2.38. The van der Waals surface area contributed by atoms with Gasteiger partial charge in [0.15, 0.2) is 0 Å². The van der Waals surface area contributed by atoms with E-state index in [-0.39, 0.29) is 5.41 Å². The van der Waals surface area contributed by atoms with E-state index in [1.165, 1.54) is 22.6 Å². The van der Waals surface area contributed by atoms with Crippen LogP contribution in [0.4, 0.5) is 5.69 Å². The molecule has 1 N–H and O–H groups in total. The molecule has 0 aliphatic rings. The normalized spacial score (nSPS) is 11.5. The largest absolute Gasteiger partial charge is 0.477 e. The molecule has 1 aromatic carbocycles. The van der Waals surface area contributed by atoms with E-state index in [0.29, 0.717) is 10.6 Å². The van der Waals surface area contributed by atoms with Crippen molar-refractivity contribution < 1.29 is 9.90 Å². The Kier molecular flexibility index (Phi) is 4.56. The molecule has 2 rings (SSSR count). The number of anilines is 1. The second-order valence-electron chi connectivity index (χ2n) is 6.36. The lowest BCUT2D eigenvalue weighted by molar-refractivity contribution is 0.0701. The fraction of sp³-hybridized carbons (Fsp3) is 0.412. The fourth-order valence-corrected chi connectivity index (χ4v) is 3.39. The molecule has 5 heteroatoms. The smallest absolute Gasteiger partial charge is 0.347 e. The first kappa shape index (κ1) is 16.5. The first-order valence-corrected chi connectivity index (χ1v) is 8.00. The molecule has 4 nitrogen and oxygen atoms in total. The number of hydrogen-bond acceptors (Lipinski definition) is 4. The molecule has 0 fully saturated rings. The van der Waals surface area contributed by atoms with E-state index in [4.69, 9.17) is 0 Å². The maximum Gasteiger partial charge on any atom is 0.347 e. The molecule has 0 amide bonds. The molecule has 0 unspecified atom stereocenters. The Bertz CT molecular complexity index is 672. The number of aromatic nitrogens is 1. The lowest BCUT2D eigenvalue weighted by Gasteiger charge is -2.22. The van der Waals surface area contributed by atoms with Crippen LogP contribution in [-0.4, -0.2) is 30.2 Å². The summed E-state index contributed by atoms with van der Waals surface area (Å²) < 4.78 is 0. The van der Waals surface area contributed by atoms with Crippen LogP contribution in [0.3, 0.4) is 0 Å². The number of thiazole rings is 1. The van der Waals surface area contributed by atoms with Crippen molar-refractivity contribution in [3.8, 4) is 0 Å². The van der Waals surface area contributed by atoms with Gasteiger partial charge in [0.1, 0.15) is 4.88 Å². The van der Waals surface area contributed by atoms with Crippen molar-refractivity contribution in [1.82, 2.24) is 4.98 Å². The minimum absolute atomic E-state index is 0.192. The number of hydrogen-bond donors (Lipinski definition) is 1. The van der Waals surface area contributed by atoms with Crippen LogP contribution in [0, 0.1) is 6.92 Å². The molecule has 0 aliphatic carbocycles. The van der Waals surface area contributed by atoms with Gasteiger partial charge < -0.3 is 10.0 Å². The average Bonchev–Trinajstić information content (AvgIpc) is 2.82. The summed E-state index contributed by atoms with van der Waals surface area (Å²) in [7, 11) is 4.04. The summed E-state index contributed by atoms with van der Waals surface area (Å²) in [5.41, 5.74) is 2.80. The van der Waals surface area contributed by atoms with Gasteiger partial charge in [-0.1, -0.05) is 26.0 Å². The van der Waals surface area contributed by atoms with Gasteiger partial charge in [0, 0.05) is 25.2 Å². The number of rotatable bonds is 5. The minimum Gasteiger partial charge on any atom is -0.477 e. The number of aromatic carboxylic acids is 1. The monoisotopic (exact) mass is 318 g/mol. The molecule has 1 aromatic heterocycles. The third-order valence-corrected chi connectivity index (χ3v) is 5.18. The van der Waals surface area contributed by atoms with Gasteiger partial charge in [-0.2, -0.15) is 0 Å². The lowest BCUT2D eigenvalue weighted by Crippen LogP contribution is -2.20. The van der Waals surface area contributed by atoms with E-state index in [1.807, 2.05) is 14.1 Å². The highest BCUT2D eigenvalue weighted by molar-refractivity contribution is 7.13. The molecule has 0 bridgehead atoms. The van der Waals surface area contributed by atoms with Gasteiger partial charge in [-0.25, -0.2) is 9.78 Å². The van der Waals surface area contributed by atoms with E-state index in [2.05, 4.69) is 48.0 Å². The van der Waals surface area contributed by atoms with Crippen LogP contribution in [0.15, 0.2) is 24.3 Å². The summed E-state index contributed by atoms with van der Waals surface area (Å²) in [5, 5.41) is 10.1. The molecule has 2 aromatic rings. The Balaban J connectivity index is 2.23. The lowest BCUT2D eigenvalue weighted by atomic mass is 9.86. The molecular weight excluding hydrogens is 296 g/mol. The van der Waals surface area contributed by atoms with Crippen LogP contribution in [0.1, 0.15) is 39.8 Å². The molecule has 0 saturated heterocycles. The third-order valence-electron chi connectivity index (χ3n) is 3.67. The van der Waals surface area contributed by atoms with Crippen LogP contribution in [0.2, 0.25) is 0 Å². The van der Waals surface area contributed by atoms with Crippen molar-refractivity contribution in [1.29, 1.82) is 0 Å². The third kappa shape index (κ3) is 3.47. The van der Waals surface area contributed by atoms with Crippen LogP contribution < -0.4 is 4.90 Å². The SMILES string of the molecule is Cc1nc(C(C)(C)Cc2ccc(N(C)C)cc2)sc1C(=O)O. The standard InChI is InChI=1S/C17H22N2O2S/c1-11-14(15(20)21)22-16(18-11)17(2,3)10-12-6-8-13(9-7-12)19(4)5/h6-9H,10H2,1-5H3,(H,20,21). The zero-order valence-electron chi connectivity index (χ0n) is 13.7. The van der Waals surface area contributed by atoms with Crippen LogP contribution in [0.25, 0.3) is 0 Å². The second-order valence-corrected chi connectivity index (χ2v) is 7.36. The number of benzene rings is 1. The van der Waals surface area contributed by atoms with Gasteiger partial charge in [0.2, 0.25) is 0 Å². The van der Waals surface area contributed by atoms with Gasteiger partial charge in [0.05, 0.1) is 10.7 Å². The van der Waals surface area contributed by atoms with Crippen molar-refractivity contribution in [2.45, 2.75) is 32.6 Å². The zero-order valence-corrected chi connectivity index (χ0v) is 14.5. The average molecular weight is 318 g/mol. The van der Waals surface area contributed by atoms with Crippen LogP contribution in [0.5, 0.6) is 0 Å². The first-order valence-electron chi connectivity index (χ1n) is 7.18. The molecule has 0 spiro atoms. The Labute approximate surface area is 135 Å². The highest BCUT2D eigenvalue weighted by atomic mass is 32.1. The molecule has 118 valence electrons. The quantitative estimate of drug-likeness (QED) is 0.912. The predicted octanol–water partition coefficient (Wildman–Crippen LogP) is 3.74. The van der Waals surface area contributed by atoms with Gasteiger partial charge >= 0.3 is 5.97 Å². The van der Waals surface area contributed by atoms with E-state index in [0.717, 1.165) is 11.4 Å². The van der Waals surface area contributed by atoms with E-state index in [1.54, 1.807) is 6.92 Å². The van der Waals surface area contributed by atoms with E-state index < -0.39 is 5.97 Å². The highest BCUT2D eigenvalue weighted by Crippen LogP contribution is 2.33. The van der Waals surface area contributed by atoms with Crippen molar-refractivity contribution in [2.75, 3.05) is 19.0 Å². The first-order chi connectivity index (χ1) is 10.2. The number of aryl methyl sites for hydroxylation is 1. The maximum absolute atomic E-state index is 11.2. The highest BCUT2D eigenvalue weighted by Gasteiger charge is 2.27. The maximum atomic E-state index is 11.2. The van der Waals surface area contributed by atoms with E-state index in [9.17, 15) is 9.90 Å². The summed E-state index contributed by atoms with van der Waals surface area (Å²) in [6.45, 7) is 5.97. The zero-order chi connectivity index (χ0) is 16.5. The molecule has 1 heterocycles. The number of carbonyl (C=O) groups is 1. The number of nitrogens with zero attached hydrogens (tertiary/aromatic N) is 2. The minimum atomic E-state index is -0.896. The molecular formula is C17H22N2O2S. The van der Waals surface area contributed by atoms with Crippen LogP contribution >= 0.6 is 11.3 Å². The summed E-state index contributed by atoms with van der Waals surface area (Å²) >= 11 is 1.28. The van der Waals surface area contributed by atoms with Crippen molar-refractivity contribution in [2.24, 2.45) is 0 Å². The van der Waals surface area contributed by atoms with Gasteiger partial charge in [-0.05, 0) is 31.0 Å². The summed E-state index contributed by atoms with van der Waals surface area (Å²) in [4.78, 5) is 18.1. The van der Waals surface area contributed by atoms with Gasteiger partial charge in [-0.15, -0.1) is 11.3 Å². The van der Waals surface area contributed by atoms with Gasteiger partial charge in [-0.3, -0.25) is 0 Å². The number of carboxylic acids is 1. The van der Waals surface area contributed by atoms with Gasteiger partial charge in [0.25, 0.3) is 0 Å². The summed E-state index contributed by atoms with van der Waals surface area (Å²) in [5.74, 6) is -0.896. The van der Waals surface area contributed by atoms with Crippen molar-refractivity contribution in [3.63, 3.8) is 0 Å². The Morgan fingerprint density at radius 1 is 1.27 bits per heavy atom. The number of carboxylic acid groups (broad SMARTS) is 1. The summed E-state index contributed by atoms with van der Waals surface area (Å²) in [6, 6.07) is 8.44. The molecule has 0 saturated carbocycles. The molecule has 22 heavy (non-hydrogen) atoms. The summed E-state index contributed by atoms with van der Waals surface area (Å²) in [6.07, 6.45) is 0.826. The van der Waals surface area contributed by atoms with Crippen molar-refractivity contribution >= 4 is 23.0 Å². The van der Waals surface area contributed by atoms with Crippen molar-refractivity contribution in [3.05, 3.63) is 45.4 Å². The Morgan fingerprint density at radius 3 is 2.32 bits per heavy atom. The second kappa shape index (κ2) is 6.08. The Hall–Kier alpha value is -1.88.